The molecule has 1 N–H and O–H groups in total. The second-order valence-corrected chi connectivity index (χ2v) is 6.46. The van der Waals surface area contributed by atoms with Gasteiger partial charge in [0.05, 0.1) is 6.20 Å². The number of carbonyl (C=O) groups excluding carboxylic acids is 1. The van der Waals surface area contributed by atoms with E-state index in [4.69, 9.17) is 0 Å². The molecule has 6 nitrogen and oxygen atoms in total. The van der Waals surface area contributed by atoms with Crippen LogP contribution in [0.15, 0.2) is 11.6 Å². The fraction of sp³-hybridized carbons (Fsp3) is 0.533. The number of nitrogens with one attached hydrogen (secondary N) is 1. The van der Waals surface area contributed by atoms with Crippen LogP contribution in [0, 0.1) is 6.92 Å². The molecule has 1 aliphatic rings. The molecule has 22 heavy (non-hydrogen) atoms. The minimum Gasteiger partial charge on any atom is -0.348 e. The highest BCUT2D eigenvalue weighted by molar-refractivity contribution is 7.13. The van der Waals surface area contributed by atoms with Gasteiger partial charge in [-0.25, -0.2) is 4.98 Å². The lowest BCUT2D eigenvalue weighted by Crippen LogP contribution is -2.29. The van der Waals surface area contributed by atoms with E-state index in [1.54, 1.807) is 22.2 Å². The first-order valence-electron chi connectivity index (χ1n) is 7.61. The Kier molecular flexibility index (Phi) is 4.42. The third kappa shape index (κ3) is 3.14. The summed E-state index contributed by atoms with van der Waals surface area (Å²) in [5, 5.41) is 9.90. The maximum Gasteiger partial charge on any atom is 0.271 e. The first-order valence-corrected chi connectivity index (χ1v) is 8.49. The molecule has 2 aromatic heterocycles. The zero-order valence-corrected chi connectivity index (χ0v) is 13.8. The van der Waals surface area contributed by atoms with Gasteiger partial charge in [-0.1, -0.05) is 0 Å². The van der Waals surface area contributed by atoms with E-state index in [1.807, 2.05) is 19.4 Å². The molecule has 0 atom stereocenters. The summed E-state index contributed by atoms with van der Waals surface area (Å²) in [6.45, 7) is 4.56. The Morgan fingerprint density at radius 3 is 2.82 bits per heavy atom. The van der Waals surface area contributed by atoms with Gasteiger partial charge in [0.1, 0.15) is 5.69 Å². The van der Waals surface area contributed by atoms with Crippen LogP contribution < -0.4 is 10.2 Å². The first kappa shape index (κ1) is 15.0. The fourth-order valence-electron chi connectivity index (χ4n) is 2.58. The van der Waals surface area contributed by atoms with Crippen molar-refractivity contribution >= 4 is 22.4 Å². The predicted octanol–water partition coefficient (Wildman–Crippen LogP) is 2.11. The molecule has 7 heteroatoms. The van der Waals surface area contributed by atoms with Crippen LogP contribution in [-0.2, 0) is 13.6 Å². The molecule has 0 spiro atoms. The largest absolute Gasteiger partial charge is 0.348 e. The van der Waals surface area contributed by atoms with Gasteiger partial charge in [0, 0.05) is 43.3 Å². The molecule has 0 aliphatic carbocycles. The molecule has 3 rings (SSSR count). The minimum atomic E-state index is -0.122. The second-order valence-electron chi connectivity index (χ2n) is 5.62. The van der Waals surface area contributed by atoms with Gasteiger partial charge in [-0.3, -0.25) is 9.48 Å². The van der Waals surface area contributed by atoms with E-state index in [-0.39, 0.29) is 5.91 Å². The molecule has 1 aliphatic heterocycles. The summed E-state index contributed by atoms with van der Waals surface area (Å²) in [7, 11) is 1.89. The molecule has 1 amide bonds. The molecule has 0 unspecified atom stereocenters. The summed E-state index contributed by atoms with van der Waals surface area (Å²) < 4.78 is 1.80. The minimum absolute atomic E-state index is 0.122. The number of aromatic nitrogens is 3. The Hall–Kier alpha value is -1.89. The molecule has 1 fully saturated rings. The highest BCUT2D eigenvalue weighted by Crippen LogP contribution is 2.24. The number of hydrogen-bond acceptors (Lipinski definition) is 5. The SMILES string of the molecule is Cc1c(CNC(=O)c2csc(N3CCCCC3)n2)cnn1C. The van der Waals surface area contributed by atoms with Crippen molar-refractivity contribution in [2.45, 2.75) is 32.7 Å². The van der Waals surface area contributed by atoms with Crippen molar-refractivity contribution in [3.05, 3.63) is 28.5 Å². The molecule has 0 saturated carbocycles. The maximum absolute atomic E-state index is 12.2. The van der Waals surface area contributed by atoms with E-state index in [0.29, 0.717) is 12.2 Å². The van der Waals surface area contributed by atoms with Gasteiger partial charge in [0.15, 0.2) is 5.13 Å². The van der Waals surface area contributed by atoms with Crippen LogP contribution in [0.2, 0.25) is 0 Å². The maximum atomic E-state index is 12.2. The van der Waals surface area contributed by atoms with Crippen LogP contribution in [0.4, 0.5) is 5.13 Å². The van der Waals surface area contributed by atoms with Gasteiger partial charge in [-0.15, -0.1) is 11.3 Å². The molecule has 1 saturated heterocycles. The van der Waals surface area contributed by atoms with E-state index in [0.717, 1.165) is 29.5 Å². The molecule has 0 bridgehead atoms. The highest BCUT2D eigenvalue weighted by Gasteiger charge is 2.17. The molecular formula is C15H21N5OS. The predicted molar refractivity (Wildman–Crippen MR) is 87.3 cm³/mol. The van der Waals surface area contributed by atoms with E-state index in [2.05, 4.69) is 20.3 Å². The smallest absolute Gasteiger partial charge is 0.271 e. The molecular weight excluding hydrogens is 298 g/mol. The molecule has 2 aromatic rings. The van der Waals surface area contributed by atoms with Crippen LogP contribution in [0.25, 0.3) is 0 Å². The number of thiazole rings is 1. The average molecular weight is 319 g/mol. The number of aryl methyl sites for hydroxylation is 1. The monoisotopic (exact) mass is 319 g/mol. The van der Waals surface area contributed by atoms with Crippen LogP contribution in [0.1, 0.15) is 41.0 Å². The Morgan fingerprint density at radius 1 is 1.36 bits per heavy atom. The number of anilines is 1. The number of carbonyl (C=O) groups is 1. The Balaban J connectivity index is 1.60. The highest BCUT2D eigenvalue weighted by atomic mass is 32.1. The topological polar surface area (TPSA) is 63.1 Å². The van der Waals surface area contributed by atoms with Crippen LogP contribution >= 0.6 is 11.3 Å². The zero-order valence-electron chi connectivity index (χ0n) is 13.0. The molecule has 3 heterocycles. The van der Waals surface area contributed by atoms with Gasteiger partial charge in [-0.05, 0) is 26.2 Å². The van der Waals surface area contributed by atoms with Crippen molar-refractivity contribution in [3.63, 3.8) is 0 Å². The van der Waals surface area contributed by atoms with E-state index in [1.165, 1.54) is 19.3 Å². The van der Waals surface area contributed by atoms with Crippen molar-refractivity contribution in [1.82, 2.24) is 20.1 Å². The van der Waals surface area contributed by atoms with Crippen molar-refractivity contribution in [3.8, 4) is 0 Å². The first-order chi connectivity index (χ1) is 10.6. The lowest BCUT2D eigenvalue weighted by molar-refractivity contribution is 0.0946. The van der Waals surface area contributed by atoms with Gasteiger partial charge < -0.3 is 10.2 Å². The van der Waals surface area contributed by atoms with Crippen LogP contribution in [0.3, 0.4) is 0 Å². The lowest BCUT2D eigenvalue weighted by Gasteiger charge is -2.25. The van der Waals surface area contributed by atoms with E-state index < -0.39 is 0 Å². The standard InChI is InChI=1S/C15H21N5OS/c1-11-12(9-17-19(11)2)8-16-14(21)13-10-22-15(18-13)20-6-4-3-5-7-20/h9-10H,3-8H2,1-2H3,(H,16,21). The number of hydrogen-bond donors (Lipinski definition) is 1. The summed E-state index contributed by atoms with van der Waals surface area (Å²) in [6, 6.07) is 0. The van der Waals surface area contributed by atoms with E-state index in [9.17, 15) is 4.79 Å². The van der Waals surface area contributed by atoms with Crippen LogP contribution in [0.5, 0.6) is 0 Å². The van der Waals surface area contributed by atoms with Crippen molar-refractivity contribution < 1.29 is 4.79 Å². The number of nitrogens with zero attached hydrogens (tertiary/aromatic N) is 4. The third-order valence-corrected chi connectivity index (χ3v) is 5.03. The number of rotatable bonds is 4. The van der Waals surface area contributed by atoms with Gasteiger partial charge in [0.2, 0.25) is 0 Å². The van der Waals surface area contributed by atoms with Crippen molar-refractivity contribution in [2.24, 2.45) is 7.05 Å². The van der Waals surface area contributed by atoms with Crippen LogP contribution in [-0.4, -0.2) is 33.8 Å². The number of amides is 1. The van der Waals surface area contributed by atoms with E-state index >= 15 is 0 Å². The Morgan fingerprint density at radius 2 is 2.14 bits per heavy atom. The van der Waals surface area contributed by atoms with Gasteiger partial charge >= 0.3 is 0 Å². The van der Waals surface area contributed by atoms with Gasteiger partial charge in [-0.2, -0.15) is 5.10 Å². The average Bonchev–Trinajstić information content (AvgIpc) is 3.15. The fourth-order valence-corrected chi connectivity index (χ4v) is 3.44. The second kappa shape index (κ2) is 6.48. The zero-order chi connectivity index (χ0) is 15.5. The Bertz CT molecular complexity index is 657. The Labute approximate surface area is 134 Å². The summed E-state index contributed by atoms with van der Waals surface area (Å²) in [4.78, 5) is 19.0. The summed E-state index contributed by atoms with van der Waals surface area (Å²) in [5.41, 5.74) is 2.60. The lowest BCUT2D eigenvalue weighted by atomic mass is 10.1. The summed E-state index contributed by atoms with van der Waals surface area (Å²) in [6.07, 6.45) is 5.50. The quantitative estimate of drug-likeness (QED) is 0.937. The number of piperidine rings is 1. The van der Waals surface area contributed by atoms with Gasteiger partial charge in [0.25, 0.3) is 5.91 Å². The molecule has 118 valence electrons. The molecule has 0 radical (unpaired) electrons. The summed E-state index contributed by atoms with van der Waals surface area (Å²) in [5.74, 6) is -0.122. The molecule has 0 aromatic carbocycles. The van der Waals surface area contributed by atoms with Crippen molar-refractivity contribution in [2.75, 3.05) is 18.0 Å². The third-order valence-electron chi connectivity index (χ3n) is 4.13. The normalized spacial score (nSPS) is 15.1. The van der Waals surface area contributed by atoms with Crippen molar-refractivity contribution in [1.29, 1.82) is 0 Å². The summed E-state index contributed by atoms with van der Waals surface area (Å²) >= 11 is 1.55.